The van der Waals surface area contributed by atoms with Crippen LogP contribution in [0.4, 0.5) is 0 Å². The van der Waals surface area contributed by atoms with Gasteiger partial charge in [-0.2, -0.15) is 0 Å². The van der Waals surface area contributed by atoms with Crippen molar-refractivity contribution in [3.05, 3.63) is 42.0 Å². The summed E-state index contributed by atoms with van der Waals surface area (Å²) in [7, 11) is 0. The summed E-state index contributed by atoms with van der Waals surface area (Å²) in [6.07, 6.45) is 3.51. The first-order valence-electron chi connectivity index (χ1n) is 6.79. The lowest BCUT2D eigenvalue weighted by atomic mass is 10.2. The predicted molar refractivity (Wildman–Crippen MR) is 88.4 cm³/mol. The molecular formula is C16H26ClNO2. The largest absolute Gasteiger partial charge is 0.481 e. The second-order valence-corrected chi connectivity index (χ2v) is 4.03. The highest BCUT2D eigenvalue weighted by Gasteiger charge is 1.89. The molecule has 0 aliphatic rings. The standard InChI is InChI=1S/C10H10O2.C6H15N.ClH/c11-10(12)8-4-7-9-5-2-1-3-6-9;1-4-7(5-2)6-3;/h1-7H,8H2,(H,11,12);4-6H2,1-3H3;1H. The molecule has 0 aliphatic carbocycles. The Hall–Kier alpha value is -1.32. The SMILES string of the molecule is CCN(CC)CC.Cl.O=C(O)CC=Cc1ccccc1. The molecule has 114 valence electrons. The molecule has 0 saturated heterocycles. The molecule has 0 atom stereocenters. The van der Waals surface area contributed by atoms with Crippen LogP contribution in [0.25, 0.3) is 6.08 Å². The van der Waals surface area contributed by atoms with E-state index in [1.165, 1.54) is 19.6 Å². The Morgan fingerprint density at radius 2 is 1.60 bits per heavy atom. The van der Waals surface area contributed by atoms with Gasteiger partial charge < -0.3 is 10.0 Å². The normalized spacial score (nSPS) is 9.80. The Kier molecular flexibility index (Phi) is 14.8. The molecule has 0 spiro atoms. The third-order valence-electron chi connectivity index (χ3n) is 2.74. The Morgan fingerprint density at radius 3 is 1.95 bits per heavy atom. The number of hydrogen-bond acceptors (Lipinski definition) is 2. The Labute approximate surface area is 128 Å². The number of hydrogen-bond donors (Lipinski definition) is 1. The monoisotopic (exact) mass is 299 g/mol. The first-order chi connectivity index (χ1) is 9.13. The molecule has 0 radical (unpaired) electrons. The van der Waals surface area contributed by atoms with Crippen molar-refractivity contribution in [3.63, 3.8) is 0 Å². The molecule has 0 amide bonds. The number of halogens is 1. The zero-order valence-electron chi connectivity index (χ0n) is 12.6. The minimum atomic E-state index is -0.804. The summed E-state index contributed by atoms with van der Waals surface area (Å²) in [6, 6.07) is 9.62. The lowest BCUT2D eigenvalue weighted by Crippen LogP contribution is -2.21. The zero-order valence-corrected chi connectivity index (χ0v) is 13.4. The van der Waals surface area contributed by atoms with Gasteiger partial charge >= 0.3 is 5.97 Å². The highest BCUT2D eigenvalue weighted by Crippen LogP contribution is 2.01. The number of rotatable bonds is 6. The van der Waals surface area contributed by atoms with Crippen molar-refractivity contribution < 1.29 is 9.90 Å². The van der Waals surface area contributed by atoms with E-state index >= 15 is 0 Å². The minimum Gasteiger partial charge on any atom is -0.481 e. The fourth-order valence-corrected chi connectivity index (χ4v) is 1.53. The molecule has 1 aromatic carbocycles. The molecule has 1 aromatic rings. The van der Waals surface area contributed by atoms with Gasteiger partial charge in [-0.25, -0.2) is 0 Å². The third kappa shape index (κ3) is 11.8. The summed E-state index contributed by atoms with van der Waals surface area (Å²) in [4.78, 5) is 12.5. The fourth-order valence-electron chi connectivity index (χ4n) is 1.53. The molecule has 0 fully saturated rings. The number of nitrogens with zero attached hydrogens (tertiary/aromatic N) is 1. The second kappa shape index (κ2) is 14.1. The molecule has 0 bridgehead atoms. The average Bonchev–Trinajstić information content (AvgIpc) is 2.42. The summed E-state index contributed by atoms with van der Waals surface area (Å²) < 4.78 is 0. The van der Waals surface area contributed by atoms with Gasteiger partial charge in [-0.3, -0.25) is 4.79 Å². The molecule has 0 saturated carbocycles. The van der Waals surface area contributed by atoms with Crippen LogP contribution in [0.5, 0.6) is 0 Å². The van der Waals surface area contributed by atoms with Crippen molar-refractivity contribution >= 4 is 24.5 Å². The van der Waals surface area contributed by atoms with Gasteiger partial charge in [-0.1, -0.05) is 63.3 Å². The highest BCUT2D eigenvalue weighted by atomic mass is 35.5. The molecule has 4 heteroatoms. The highest BCUT2D eigenvalue weighted by molar-refractivity contribution is 5.85. The van der Waals surface area contributed by atoms with Crippen molar-refractivity contribution in [2.24, 2.45) is 0 Å². The van der Waals surface area contributed by atoms with Gasteiger partial charge in [-0.15, -0.1) is 12.4 Å². The molecule has 20 heavy (non-hydrogen) atoms. The molecule has 3 nitrogen and oxygen atoms in total. The Morgan fingerprint density at radius 1 is 1.10 bits per heavy atom. The number of aliphatic carboxylic acids is 1. The maximum Gasteiger partial charge on any atom is 0.307 e. The quantitative estimate of drug-likeness (QED) is 0.865. The average molecular weight is 300 g/mol. The van der Waals surface area contributed by atoms with E-state index in [-0.39, 0.29) is 18.8 Å². The molecule has 1 N–H and O–H groups in total. The van der Waals surface area contributed by atoms with Gasteiger partial charge in [0.15, 0.2) is 0 Å². The number of carboxylic acids is 1. The van der Waals surface area contributed by atoms with E-state index in [1.54, 1.807) is 12.2 Å². The lowest BCUT2D eigenvalue weighted by molar-refractivity contribution is -0.135. The van der Waals surface area contributed by atoms with Crippen molar-refractivity contribution in [2.45, 2.75) is 27.2 Å². The maximum absolute atomic E-state index is 10.1. The number of carboxylic acid groups (broad SMARTS) is 1. The minimum absolute atomic E-state index is 0. The molecule has 0 heterocycles. The second-order valence-electron chi connectivity index (χ2n) is 4.03. The third-order valence-corrected chi connectivity index (χ3v) is 2.74. The van der Waals surface area contributed by atoms with E-state index in [4.69, 9.17) is 5.11 Å². The van der Waals surface area contributed by atoms with E-state index in [0.717, 1.165) is 5.56 Å². The summed E-state index contributed by atoms with van der Waals surface area (Å²) in [5, 5.41) is 8.34. The van der Waals surface area contributed by atoms with Gasteiger partial charge in [0.05, 0.1) is 6.42 Å². The predicted octanol–water partition coefficient (Wildman–Crippen LogP) is 3.94. The Balaban J connectivity index is 0. The maximum atomic E-state index is 10.1. The fraction of sp³-hybridized carbons (Fsp3) is 0.438. The van der Waals surface area contributed by atoms with Crippen LogP contribution in [-0.4, -0.2) is 35.6 Å². The van der Waals surface area contributed by atoms with Gasteiger partial charge in [-0.05, 0) is 25.2 Å². The number of benzene rings is 1. The molecule has 0 aromatic heterocycles. The van der Waals surface area contributed by atoms with Gasteiger partial charge in [0.1, 0.15) is 0 Å². The van der Waals surface area contributed by atoms with Crippen LogP contribution in [0.3, 0.4) is 0 Å². The first-order valence-corrected chi connectivity index (χ1v) is 6.79. The van der Waals surface area contributed by atoms with Gasteiger partial charge in [0.2, 0.25) is 0 Å². The molecule has 1 rings (SSSR count). The van der Waals surface area contributed by atoms with E-state index < -0.39 is 5.97 Å². The van der Waals surface area contributed by atoms with E-state index in [2.05, 4.69) is 25.7 Å². The summed E-state index contributed by atoms with van der Waals surface area (Å²) in [6.45, 7) is 10.1. The van der Waals surface area contributed by atoms with E-state index in [9.17, 15) is 4.79 Å². The van der Waals surface area contributed by atoms with Crippen LogP contribution in [0.2, 0.25) is 0 Å². The van der Waals surface area contributed by atoms with Crippen LogP contribution in [0.1, 0.15) is 32.8 Å². The van der Waals surface area contributed by atoms with Crippen molar-refractivity contribution in [2.75, 3.05) is 19.6 Å². The van der Waals surface area contributed by atoms with E-state index in [1.807, 2.05) is 30.3 Å². The topological polar surface area (TPSA) is 40.5 Å². The van der Waals surface area contributed by atoms with Crippen LogP contribution >= 0.6 is 12.4 Å². The molecule has 0 aliphatic heterocycles. The van der Waals surface area contributed by atoms with Crippen molar-refractivity contribution in [3.8, 4) is 0 Å². The summed E-state index contributed by atoms with van der Waals surface area (Å²) in [5.41, 5.74) is 1.03. The molecular weight excluding hydrogens is 274 g/mol. The smallest absolute Gasteiger partial charge is 0.307 e. The zero-order chi connectivity index (χ0) is 14.5. The lowest BCUT2D eigenvalue weighted by Gasteiger charge is -2.13. The van der Waals surface area contributed by atoms with Crippen molar-refractivity contribution in [1.82, 2.24) is 4.90 Å². The van der Waals surface area contributed by atoms with E-state index in [0.29, 0.717) is 0 Å². The van der Waals surface area contributed by atoms with Crippen LogP contribution in [0, 0.1) is 0 Å². The Bertz CT molecular complexity index is 356. The molecule has 0 unspecified atom stereocenters. The van der Waals surface area contributed by atoms with Crippen LogP contribution in [-0.2, 0) is 4.79 Å². The number of carbonyl (C=O) groups is 1. The van der Waals surface area contributed by atoms with Gasteiger partial charge in [0.25, 0.3) is 0 Å². The summed E-state index contributed by atoms with van der Waals surface area (Å²) >= 11 is 0. The summed E-state index contributed by atoms with van der Waals surface area (Å²) in [5.74, 6) is -0.804. The van der Waals surface area contributed by atoms with Crippen molar-refractivity contribution in [1.29, 1.82) is 0 Å². The first kappa shape index (κ1) is 21.0. The van der Waals surface area contributed by atoms with Crippen LogP contribution in [0.15, 0.2) is 36.4 Å². The van der Waals surface area contributed by atoms with Gasteiger partial charge in [0, 0.05) is 0 Å². The van der Waals surface area contributed by atoms with Crippen LogP contribution < -0.4 is 0 Å².